The topological polar surface area (TPSA) is 50.7 Å². The Labute approximate surface area is 96.2 Å². The van der Waals surface area contributed by atoms with E-state index < -0.39 is 0 Å². The molecular weight excluding hydrogens is 206 g/mol. The van der Waals surface area contributed by atoms with Crippen molar-refractivity contribution in [2.45, 2.75) is 13.5 Å². The average molecular weight is 225 g/mol. The molecule has 4 heteroatoms. The van der Waals surface area contributed by atoms with Gasteiger partial charge in [0.2, 0.25) is 0 Å². The summed E-state index contributed by atoms with van der Waals surface area (Å²) >= 11 is 0. The quantitative estimate of drug-likeness (QED) is 0.691. The van der Waals surface area contributed by atoms with E-state index in [1.807, 2.05) is 13.0 Å². The molecule has 0 amide bonds. The van der Waals surface area contributed by atoms with Crippen LogP contribution in [0.2, 0.25) is 0 Å². The van der Waals surface area contributed by atoms with Gasteiger partial charge in [0.25, 0.3) is 0 Å². The zero-order valence-corrected chi connectivity index (χ0v) is 9.82. The van der Waals surface area contributed by atoms with E-state index in [-0.39, 0.29) is 5.75 Å². The highest BCUT2D eigenvalue weighted by Gasteiger charge is 2.02. The lowest BCUT2D eigenvalue weighted by molar-refractivity contribution is 0.199. The third kappa shape index (κ3) is 4.08. The Bertz CT molecular complexity index is 315. The molecule has 0 saturated heterocycles. The van der Waals surface area contributed by atoms with Gasteiger partial charge in [-0.1, -0.05) is 0 Å². The van der Waals surface area contributed by atoms with Crippen molar-refractivity contribution < 1.29 is 14.6 Å². The molecule has 0 atom stereocenters. The van der Waals surface area contributed by atoms with E-state index in [0.717, 1.165) is 17.9 Å². The highest BCUT2D eigenvalue weighted by Crippen LogP contribution is 2.22. The summed E-state index contributed by atoms with van der Waals surface area (Å²) in [5.41, 5.74) is 0.835. The number of phenolic OH excluding ortho intramolecular Hbond substituents is 1. The summed E-state index contributed by atoms with van der Waals surface area (Å²) in [7, 11) is 1.66. The number of hydrogen-bond donors (Lipinski definition) is 2. The molecule has 90 valence electrons. The maximum absolute atomic E-state index is 9.63. The van der Waals surface area contributed by atoms with Crippen molar-refractivity contribution in [3.63, 3.8) is 0 Å². The number of benzene rings is 1. The van der Waals surface area contributed by atoms with Crippen LogP contribution in [0.1, 0.15) is 12.5 Å². The Morgan fingerprint density at radius 3 is 2.88 bits per heavy atom. The minimum absolute atomic E-state index is 0.286. The number of methoxy groups -OCH3 is 1. The van der Waals surface area contributed by atoms with Crippen LogP contribution in [0.15, 0.2) is 18.2 Å². The van der Waals surface area contributed by atoms with Crippen LogP contribution in [0.25, 0.3) is 0 Å². The van der Waals surface area contributed by atoms with Crippen LogP contribution in [0.3, 0.4) is 0 Å². The second kappa shape index (κ2) is 7.09. The third-order valence-corrected chi connectivity index (χ3v) is 2.16. The highest BCUT2D eigenvalue weighted by atomic mass is 16.5. The van der Waals surface area contributed by atoms with E-state index in [0.29, 0.717) is 19.8 Å². The minimum Gasteiger partial charge on any atom is -0.508 e. The summed E-state index contributed by atoms with van der Waals surface area (Å²) in [4.78, 5) is 0. The zero-order chi connectivity index (χ0) is 11.8. The summed E-state index contributed by atoms with van der Waals surface area (Å²) in [6, 6.07) is 5.26. The summed E-state index contributed by atoms with van der Waals surface area (Å²) < 4.78 is 10.3. The number of aromatic hydroxyl groups is 1. The standard InChI is InChI=1S/C12H19NO3/c1-3-16-11-4-5-12(14)10(8-11)9-13-6-7-15-2/h4-5,8,13-14H,3,6-7,9H2,1-2H3. The van der Waals surface area contributed by atoms with Crippen LogP contribution < -0.4 is 10.1 Å². The molecule has 0 aromatic heterocycles. The number of nitrogens with one attached hydrogen (secondary N) is 1. The monoisotopic (exact) mass is 225 g/mol. The van der Waals surface area contributed by atoms with Crippen molar-refractivity contribution in [3.05, 3.63) is 23.8 Å². The van der Waals surface area contributed by atoms with Crippen molar-refractivity contribution in [1.29, 1.82) is 0 Å². The summed E-state index contributed by atoms with van der Waals surface area (Å²) in [6.45, 7) is 4.58. The van der Waals surface area contributed by atoms with E-state index >= 15 is 0 Å². The predicted octanol–water partition coefficient (Wildman–Crippen LogP) is 1.53. The lowest BCUT2D eigenvalue weighted by Crippen LogP contribution is -2.18. The van der Waals surface area contributed by atoms with E-state index in [9.17, 15) is 5.11 Å². The van der Waals surface area contributed by atoms with Gasteiger partial charge in [-0.2, -0.15) is 0 Å². The lowest BCUT2D eigenvalue weighted by Gasteiger charge is -2.09. The van der Waals surface area contributed by atoms with Crippen LogP contribution >= 0.6 is 0 Å². The molecule has 0 spiro atoms. The molecule has 16 heavy (non-hydrogen) atoms. The first kappa shape index (κ1) is 12.8. The van der Waals surface area contributed by atoms with Crippen molar-refractivity contribution in [2.75, 3.05) is 26.9 Å². The molecule has 1 rings (SSSR count). The van der Waals surface area contributed by atoms with Gasteiger partial charge in [-0.3, -0.25) is 0 Å². The minimum atomic E-state index is 0.286. The molecule has 0 heterocycles. The normalized spacial score (nSPS) is 10.4. The molecule has 0 aliphatic carbocycles. The fourth-order valence-corrected chi connectivity index (χ4v) is 1.36. The van der Waals surface area contributed by atoms with Gasteiger partial charge < -0.3 is 19.9 Å². The van der Waals surface area contributed by atoms with Crippen molar-refractivity contribution in [3.8, 4) is 11.5 Å². The van der Waals surface area contributed by atoms with Crippen LogP contribution in [-0.2, 0) is 11.3 Å². The highest BCUT2D eigenvalue weighted by molar-refractivity contribution is 5.39. The van der Waals surface area contributed by atoms with Gasteiger partial charge in [0.1, 0.15) is 11.5 Å². The maximum Gasteiger partial charge on any atom is 0.120 e. The first-order valence-electron chi connectivity index (χ1n) is 5.42. The Morgan fingerprint density at radius 2 is 2.19 bits per heavy atom. The van der Waals surface area contributed by atoms with Crippen LogP contribution in [0.5, 0.6) is 11.5 Å². The second-order valence-corrected chi connectivity index (χ2v) is 3.39. The van der Waals surface area contributed by atoms with Gasteiger partial charge in [-0.15, -0.1) is 0 Å². The Balaban J connectivity index is 2.52. The summed E-state index contributed by atoms with van der Waals surface area (Å²) in [5, 5.41) is 12.8. The number of ether oxygens (including phenoxy) is 2. The smallest absolute Gasteiger partial charge is 0.120 e. The molecular formula is C12H19NO3. The molecule has 4 nitrogen and oxygen atoms in total. The van der Waals surface area contributed by atoms with E-state index in [4.69, 9.17) is 9.47 Å². The molecule has 1 aromatic carbocycles. The Hall–Kier alpha value is -1.26. The number of phenols is 1. The number of rotatable bonds is 7. The molecule has 0 aliphatic heterocycles. The maximum atomic E-state index is 9.63. The SMILES string of the molecule is CCOc1ccc(O)c(CNCCOC)c1. The first-order valence-corrected chi connectivity index (χ1v) is 5.42. The summed E-state index contributed by atoms with van der Waals surface area (Å²) in [5.74, 6) is 1.07. The van der Waals surface area contributed by atoms with Gasteiger partial charge in [-0.25, -0.2) is 0 Å². The van der Waals surface area contributed by atoms with Crippen molar-refractivity contribution in [2.24, 2.45) is 0 Å². The molecule has 0 aliphatic rings. The molecule has 0 bridgehead atoms. The van der Waals surface area contributed by atoms with E-state index in [1.54, 1.807) is 19.2 Å². The summed E-state index contributed by atoms with van der Waals surface area (Å²) in [6.07, 6.45) is 0. The Morgan fingerprint density at radius 1 is 1.38 bits per heavy atom. The average Bonchev–Trinajstić information content (AvgIpc) is 2.29. The van der Waals surface area contributed by atoms with Crippen molar-refractivity contribution in [1.82, 2.24) is 5.32 Å². The van der Waals surface area contributed by atoms with Gasteiger partial charge >= 0.3 is 0 Å². The molecule has 0 unspecified atom stereocenters. The predicted molar refractivity (Wildman–Crippen MR) is 62.9 cm³/mol. The largest absolute Gasteiger partial charge is 0.508 e. The molecule has 1 aromatic rings. The molecule has 0 radical (unpaired) electrons. The Kier molecular flexibility index (Phi) is 5.67. The molecule has 2 N–H and O–H groups in total. The van der Waals surface area contributed by atoms with Crippen LogP contribution in [0.4, 0.5) is 0 Å². The van der Waals surface area contributed by atoms with Crippen LogP contribution in [0, 0.1) is 0 Å². The first-order chi connectivity index (χ1) is 7.77. The van der Waals surface area contributed by atoms with Crippen LogP contribution in [-0.4, -0.2) is 32.0 Å². The van der Waals surface area contributed by atoms with Gasteiger partial charge in [0.15, 0.2) is 0 Å². The number of hydrogen-bond acceptors (Lipinski definition) is 4. The van der Waals surface area contributed by atoms with Gasteiger partial charge in [0, 0.05) is 25.8 Å². The third-order valence-electron chi connectivity index (χ3n) is 2.16. The zero-order valence-electron chi connectivity index (χ0n) is 9.82. The molecule has 0 saturated carbocycles. The van der Waals surface area contributed by atoms with Gasteiger partial charge in [0.05, 0.1) is 13.2 Å². The van der Waals surface area contributed by atoms with Gasteiger partial charge in [-0.05, 0) is 25.1 Å². The van der Waals surface area contributed by atoms with Crippen molar-refractivity contribution >= 4 is 0 Å². The second-order valence-electron chi connectivity index (χ2n) is 3.39. The lowest BCUT2D eigenvalue weighted by atomic mass is 10.2. The fraction of sp³-hybridized carbons (Fsp3) is 0.500. The molecule has 0 fully saturated rings. The van der Waals surface area contributed by atoms with E-state index in [2.05, 4.69) is 5.32 Å². The van der Waals surface area contributed by atoms with E-state index in [1.165, 1.54) is 0 Å². The fourth-order valence-electron chi connectivity index (χ4n) is 1.36.